The van der Waals surface area contributed by atoms with Gasteiger partial charge in [0.1, 0.15) is 0 Å². The highest BCUT2D eigenvalue weighted by molar-refractivity contribution is 6.14. The van der Waals surface area contributed by atoms with Gasteiger partial charge in [-0.3, -0.25) is 4.79 Å². The first-order chi connectivity index (χ1) is 14.4. The van der Waals surface area contributed by atoms with Gasteiger partial charge >= 0.3 is 5.97 Å². The van der Waals surface area contributed by atoms with Crippen molar-refractivity contribution in [1.29, 1.82) is 0 Å². The summed E-state index contributed by atoms with van der Waals surface area (Å²) in [6.07, 6.45) is 0. The Morgan fingerprint density at radius 1 is 0.767 bits per heavy atom. The zero-order valence-electron chi connectivity index (χ0n) is 16.8. The van der Waals surface area contributed by atoms with E-state index in [0.29, 0.717) is 22.4 Å². The van der Waals surface area contributed by atoms with Gasteiger partial charge < -0.3 is 10.4 Å². The van der Waals surface area contributed by atoms with E-state index in [9.17, 15) is 14.7 Å². The molecule has 148 valence electrons. The number of carbonyl (C=O) groups excluding carboxylic acids is 1. The number of hydrogen-bond acceptors (Lipinski definition) is 2. The third-order valence-electron chi connectivity index (χ3n) is 5.23. The van der Waals surface area contributed by atoms with Crippen LogP contribution in [0.1, 0.15) is 31.8 Å². The number of amides is 1. The molecule has 30 heavy (non-hydrogen) atoms. The summed E-state index contributed by atoms with van der Waals surface area (Å²) in [6.45, 7) is 3.60. The SMILES string of the molecule is Cc1cc(C(=O)O)cc(C)c1NC(=O)c1cc(-c2ccccc2)cc2ccccc12. The molecule has 0 aromatic heterocycles. The molecule has 0 saturated carbocycles. The quantitative estimate of drug-likeness (QED) is 0.440. The number of anilines is 1. The fourth-order valence-corrected chi connectivity index (χ4v) is 3.76. The first kappa shape index (κ1) is 19.4. The maximum atomic E-state index is 13.3. The lowest BCUT2D eigenvalue weighted by atomic mass is 9.96. The van der Waals surface area contributed by atoms with Gasteiger partial charge in [-0.15, -0.1) is 0 Å². The summed E-state index contributed by atoms with van der Waals surface area (Å²) >= 11 is 0. The molecule has 0 fully saturated rings. The van der Waals surface area contributed by atoms with Crippen LogP contribution >= 0.6 is 0 Å². The third-order valence-corrected chi connectivity index (χ3v) is 5.23. The van der Waals surface area contributed by atoms with Crippen molar-refractivity contribution in [1.82, 2.24) is 0 Å². The van der Waals surface area contributed by atoms with E-state index in [2.05, 4.69) is 11.4 Å². The molecule has 4 aromatic carbocycles. The maximum absolute atomic E-state index is 13.3. The number of rotatable bonds is 4. The second kappa shape index (κ2) is 7.84. The Labute approximate surface area is 174 Å². The Morgan fingerprint density at radius 3 is 2.07 bits per heavy atom. The minimum Gasteiger partial charge on any atom is -0.478 e. The van der Waals surface area contributed by atoms with Crippen molar-refractivity contribution in [3.8, 4) is 11.1 Å². The van der Waals surface area contributed by atoms with Crippen LogP contribution in [0.2, 0.25) is 0 Å². The molecule has 0 aliphatic rings. The van der Waals surface area contributed by atoms with E-state index >= 15 is 0 Å². The van der Waals surface area contributed by atoms with Crippen LogP contribution in [0.3, 0.4) is 0 Å². The predicted octanol–water partition coefficient (Wildman–Crippen LogP) is 6.07. The van der Waals surface area contributed by atoms with Crippen LogP contribution < -0.4 is 5.32 Å². The summed E-state index contributed by atoms with van der Waals surface area (Å²) in [5.41, 5.74) is 4.85. The van der Waals surface area contributed by atoms with E-state index in [1.54, 1.807) is 26.0 Å². The Kier molecular flexibility index (Phi) is 5.07. The van der Waals surface area contributed by atoms with Gasteiger partial charge in [0.25, 0.3) is 5.91 Å². The highest BCUT2D eigenvalue weighted by Crippen LogP contribution is 2.29. The number of benzene rings is 4. The van der Waals surface area contributed by atoms with Crippen molar-refractivity contribution in [2.45, 2.75) is 13.8 Å². The second-order valence-electron chi connectivity index (χ2n) is 7.36. The van der Waals surface area contributed by atoms with Gasteiger partial charge in [-0.25, -0.2) is 4.79 Å². The summed E-state index contributed by atoms with van der Waals surface area (Å²) in [6, 6.07) is 24.9. The molecule has 0 heterocycles. The number of aromatic carboxylic acids is 1. The van der Waals surface area contributed by atoms with Crippen LogP contribution in [0.25, 0.3) is 21.9 Å². The van der Waals surface area contributed by atoms with Crippen LogP contribution in [0.5, 0.6) is 0 Å². The smallest absolute Gasteiger partial charge is 0.335 e. The van der Waals surface area contributed by atoms with Crippen LogP contribution in [0, 0.1) is 13.8 Å². The average molecular weight is 395 g/mol. The van der Waals surface area contributed by atoms with Crippen molar-refractivity contribution >= 4 is 28.3 Å². The van der Waals surface area contributed by atoms with E-state index < -0.39 is 5.97 Å². The van der Waals surface area contributed by atoms with Gasteiger partial charge in [0.05, 0.1) is 5.56 Å². The molecule has 0 aliphatic carbocycles. The molecule has 4 heteroatoms. The monoisotopic (exact) mass is 395 g/mol. The van der Waals surface area contributed by atoms with Gasteiger partial charge in [0, 0.05) is 11.3 Å². The largest absolute Gasteiger partial charge is 0.478 e. The van der Waals surface area contributed by atoms with E-state index in [1.807, 2.05) is 60.7 Å². The fraction of sp³-hybridized carbons (Fsp3) is 0.0769. The Bertz CT molecular complexity index is 1250. The Balaban J connectivity index is 1.80. The summed E-state index contributed by atoms with van der Waals surface area (Å²) in [4.78, 5) is 24.6. The van der Waals surface area contributed by atoms with Crippen LogP contribution in [-0.4, -0.2) is 17.0 Å². The molecule has 0 atom stereocenters. The van der Waals surface area contributed by atoms with Crippen molar-refractivity contribution in [2.75, 3.05) is 5.32 Å². The molecular formula is C26H21NO3. The second-order valence-corrected chi connectivity index (χ2v) is 7.36. The number of fused-ring (bicyclic) bond motifs is 1. The van der Waals surface area contributed by atoms with Gasteiger partial charge in [-0.1, -0.05) is 54.6 Å². The molecule has 0 spiro atoms. The van der Waals surface area contributed by atoms with E-state index in [0.717, 1.165) is 21.9 Å². The molecule has 4 nitrogen and oxygen atoms in total. The zero-order valence-corrected chi connectivity index (χ0v) is 16.8. The first-order valence-electron chi connectivity index (χ1n) is 9.68. The van der Waals surface area contributed by atoms with E-state index in [-0.39, 0.29) is 11.5 Å². The standard InChI is InChI=1S/C26H21NO3/c1-16-12-21(26(29)30)13-17(2)24(16)27-25(28)23-15-20(18-8-4-3-5-9-18)14-19-10-6-7-11-22(19)23/h3-15H,1-2H3,(H,27,28)(H,29,30). The number of hydrogen-bond donors (Lipinski definition) is 2. The number of carboxylic acids is 1. The molecule has 0 saturated heterocycles. The molecule has 0 radical (unpaired) electrons. The summed E-state index contributed by atoms with van der Waals surface area (Å²) in [7, 11) is 0. The number of nitrogens with one attached hydrogen (secondary N) is 1. The fourth-order valence-electron chi connectivity index (χ4n) is 3.76. The number of carboxylic acid groups (broad SMARTS) is 1. The third kappa shape index (κ3) is 3.67. The molecule has 1 amide bonds. The van der Waals surface area contributed by atoms with Gasteiger partial charge in [0.15, 0.2) is 0 Å². The molecule has 4 aromatic rings. The minimum absolute atomic E-state index is 0.208. The molecular weight excluding hydrogens is 374 g/mol. The van der Waals surface area contributed by atoms with Crippen molar-refractivity contribution in [3.63, 3.8) is 0 Å². The lowest BCUT2D eigenvalue weighted by Gasteiger charge is -2.15. The van der Waals surface area contributed by atoms with Crippen molar-refractivity contribution < 1.29 is 14.7 Å². The van der Waals surface area contributed by atoms with Crippen molar-refractivity contribution in [3.05, 3.63) is 101 Å². The molecule has 4 rings (SSSR count). The molecule has 0 bridgehead atoms. The maximum Gasteiger partial charge on any atom is 0.335 e. The van der Waals surface area contributed by atoms with Crippen molar-refractivity contribution in [2.24, 2.45) is 0 Å². The first-order valence-corrected chi connectivity index (χ1v) is 9.68. The van der Waals surface area contributed by atoms with E-state index in [1.165, 1.54) is 0 Å². The highest BCUT2D eigenvalue weighted by Gasteiger charge is 2.16. The Morgan fingerprint density at radius 2 is 1.40 bits per heavy atom. The number of aryl methyl sites for hydroxylation is 2. The minimum atomic E-state index is -0.986. The molecule has 2 N–H and O–H groups in total. The van der Waals surface area contributed by atoms with Crippen LogP contribution in [0.15, 0.2) is 78.9 Å². The normalized spacial score (nSPS) is 10.7. The van der Waals surface area contributed by atoms with Gasteiger partial charge in [-0.05, 0) is 71.1 Å². The summed E-state index contributed by atoms with van der Waals surface area (Å²) in [5.74, 6) is -1.21. The van der Waals surface area contributed by atoms with Crippen LogP contribution in [-0.2, 0) is 0 Å². The summed E-state index contributed by atoms with van der Waals surface area (Å²) in [5, 5.41) is 14.1. The Hall–Kier alpha value is -3.92. The number of carbonyl (C=O) groups is 2. The molecule has 0 unspecified atom stereocenters. The van der Waals surface area contributed by atoms with Crippen LogP contribution in [0.4, 0.5) is 5.69 Å². The predicted molar refractivity (Wildman–Crippen MR) is 120 cm³/mol. The van der Waals surface area contributed by atoms with Gasteiger partial charge in [-0.2, -0.15) is 0 Å². The average Bonchev–Trinajstić information content (AvgIpc) is 2.75. The summed E-state index contributed by atoms with van der Waals surface area (Å²) < 4.78 is 0. The lowest BCUT2D eigenvalue weighted by molar-refractivity contribution is 0.0696. The molecule has 0 aliphatic heterocycles. The highest BCUT2D eigenvalue weighted by atomic mass is 16.4. The zero-order chi connectivity index (χ0) is 21.3. The van der Waals surface area contributed by atoms with Gasteiger partial charge in [0.2, 0.25) is 0 Å². The lowest BCUT2D eigenvalue weighted by Crippen LogP contribution is -2.15. The van der Waals surface area contributed by atoms with E-state index in [4.69, 9.17) is 0 Å². The topological polar surface area (TPSA) is 66.4 Å².